The minimum Gasteiger partial charge on any atom is -0.465 e. The quantitative estimate of drug-likeness (QED) is 0.471. The third-order valence-corrected chi connectivity index (χ3v) is 5.62. The van der Waals surface area contributed by atoms with Gasteiger partial charge >= 0.3 is 5.97 Å². The summed E-state index contributed by atoms with van der Waals surface area (Å²) in [5.41, 5.74) is 2.19. The summed E-state index contributed by atoms with van der Waals surface area (Å²) in [6, 6.07) is 15.1. The number of ether oxygens (including phenoxy) is 1. The number of halogens is 1. The molecule has 0 bridgehead atoms. The molecule has 0 fully saturated rings. The molecule has 0 N–H and O–H groups in total. The van der Waals surface area contributed by atoms with Gasteiger partial charge in [-0.05, 0) is 30.3 Å². The zero-order valence-electron chi connectivity index (χ0n) is 15.8. The highest BCUT2D eigenvalue weighted by molar-refractivity contribution is 7.84. The molecule has 0 saturated carbocycles. The maximum Gasteiger partial charge on any atom is 0.337 e. The van der Waals surface area contributed by atoms with Crippen LogP contribution in [0.2, 0.25) is 0 Å². The summed E-state index contributed by atoms with van der Waals surface area (Å²) in [5.74, 6) is -0.213. The Balaban J connectivity index is 1.85. The van der Waals surface area contributed by atoms with Gasteiger partial charge in [0.1, 0.15) is 11.6 Å². The number of nitrogens with zero attached hydrogens (tertiary/aromatic N) is 2. The number of pyridine rings is 1. The zero-order chi connectivity index (χ0) is 20.5. The summed E-state index contributed by atoms with van der Waals surface area (Å²) in [7, 11) is 0.0934. The van der Waals surface area contributed by atoms with Gasteiger partial charge in [0.25, 0.3) is 0 Å². The summed E-state index contributed by atoms with van der Waals surface area (Å²) in [5, 5.41) is 0.762. The van der Waals surface area contributed by atoms with Crippen LogP contribution in [0.3, 0.4) is 0 Å². The van der Waals surface area contributed by atoms with E-state index >= 15 is 0 Å². The largest absolute Gasteiger partial charge is 0.465 e. The average Bonchev–Trinajstić information content (AvgIpc) is 3.13. The molecule has 2 aromatic heterocycles. The van der Waals surface area contributed by atoms with Crippen molar-refractivity contribution in [1.29, 1.82) is 0 Å². The Kier molecular flexibility index (Phi) is 4.98. The van der Waals surface area contributed by atoms with E-state index in [9.17, 15) is 13.4 Å². The number of fused-ring (bicyclic) bond motifs is 1. The van der Waals surface area contributed by atoms with E-state index in [0.29, 0.717) is 32.9 Å². The number of benzene rings is 2. The van der Waals surface area contributed by atoms with Crippen LogP contribution in [0.1, 0.15) is 10.4 Å². The van der Waals surface area contributed by atoms with Crippen LogP contribution >= 0.6 is 0 Å². The molecular weight excluding hydrogens is 391 g/mol. The van der Waals surface area contributed by atoms with E-state index in [1.807, 2.05) is 0 Å². The monoisotopic (exact) mass is 408 g/mol. The maximum absolute atomic E-state index is 14.0. The van der Waals surface area contributed by atoms with Crippen molar-refractivity contribution >= 4 is 27.7 Å². The van der Waals surface area contributed by atoms with Crippen LogP contribution in [0, 0.1) is 5.82 Å². The van der Waals surface area contributed by atoms with Crippen LogP contribution in [0.15, 0.2) is 71.9 Å². The fraction of sp³-hybridized carbons (Fsp3) is 0.0909. The molecule has 7 heteroatoms. The van der Waals surface area contributed by atoms with E-state index in [1.54, 1.807) is 71.7 Å². The second-order valence-electron chi connectivity index (χ2n) is 6.43. The van der Waals surface area contributed by atoms with Crippen molar-refractivity contribution in [3.05, 3.63) is 78.4 Å². The van der Waals surface area contributed by atoms with Crippen LogP contribution in [0.4, 0.5) is 4.39 Å². The molecule has 0 spiro atoms. The molecule has 4 rings (SSSR count). The first kappa shape index (κ1) is 19.0. The molecule has 2 heterocycles. The Morgan fingerprint density at radius 2 is 1.93 bits per heavy atom. The SMILES string of the molecule is COC(=O)c1ccc2c(S(C)=O)cn(-c3ccc(-c4ccccc4F)cn3)c2c1. The third-order valence-electron chi connectivity index (χ3n) is 4.68. The molecule has 1 atom stereocenters. The number of carbonyl (C=O) groups excluding carboxylic acids is 1. The Morgan fingerprint density at radius 1 is 1.14 bits per heavy atom. The first-order chi connectivity index (χ1) is 14.0. The van der Waals surface area contributed by atoms with Crippen molar-refractivity contribution in [1.82, 2.24) is 9.55 Å². The van der Waals surface area contributed by atoms with E-state index in [2.05, 4.69) is 4.98 Å². The van der Waals surface area contributed by atoms with E-state index in [1.165, 1.54) is 13.2 Å². The number of esters is 1. The Labute approximate surface area is 169 Å². The van der Waals surface area contributed by atoms with Crippen LogP contribution in [0.25, 0.3) is 27.8 Å². The molecule has 0 radical (unpaired) electrons. The van der Waals surface area contributed by atoms with Gasteiger partial charge in [0.2, 0.25) is 0 Å². The molecule has 2 aromatic carbocycles. The summed E-state index contributed by atoms with van der Waals surface area (Å²) in [4.78, 5) is 17.0. The van der Waals surface area contributed by atoms with Crippen molar-refractivity contribution in [3.63, 3.8) is 0 Å². The summed E-state index contributed by atoms with van der Waals surface area (Å²) in [6.45, 7) is 0. The van der Waals surface area contributed by atoms with Gasteiger partial charge in [0.15, 0.2) is 0 Å². The molecule has 1 unspecified atom stereocenters. The maximum atomic E-state index is 14.0. The Morgan fingerprint density at radius 3 is 2.59 bits per heavy atom. The number of rotatable bonds is 4. The van der Waals surface area contributed by atoms with Crippen molar-refractivity contribution in [3.8, 4) is 16.9 Å². The van der Waals surface area contributed by atoms with Crippen molar-refractivity contribution in [2.45, 2.75) is 4.90 Å². The van der Waals surface area contributed by atoms with Crippen LogP contribution in [-0.4, -0.2) is 33.1 Å². The average molecular weight is 408 g/mol. The third kappa shape index (κ3) is 3.45. The fourth-order valence-corrected chi connectivity index (χ4v) is 3.98. The summed E-state index contributed by atoms with van der Waals surface area (Å²) in [6.07, 6.45) is 4.93. The normalized spacial score (nSPS) is 12.1. The second-order valence-corrected chi connectivity index (χ2v) is 7.77. The smallest absolute Gasteiger partial charge is 0.337 e. The number of hydrogen-bond donors (Lipinski definition) is 0. The fourth-order valence-electron chi connectivity index (χ4n) is 3.24. The molecule has 0 aliphatic carbocycles. The minimum atomic E-state index is -1.23. The first-order valence-electron chi connectivity index (χ1n) is 8.78. The van der Waals surface area contributed by atoms with Gasteiger partial charge in [-0.2, -0.15) is 0 Å². The predicted molar refractivity (Wildman–Crippen MR) is 110 cm³/mol. The molecule has 5 nitrogen and oxygen atoms in total. The molecule has 4 aromatic rings. The molecule has 0 saturated heterocycles. The Hall–Kier alpha value is -3.32. The lowest BCUT2D eigenvalue weighted by Gasteiger charge is -2.08. The highest BCUT2D eigenvalue weighted by Crippen LogP contribution is 2.29. The number of methoxy groups -OCH3 is 1. The minimum absolute atomic E-state index is 0.320. The van der Waals surface area contributed by atoms with Gasteiger partial charge in [-0.3, -0.25) is 8.78 Å². The standard InChI is InChI=1S/C22H17FN2O3S/c1-28-22(26)14-7-9-17-19(11-14)25(13-20(17)29(2)27)21-10-8-15(12-24-21)16-5-3-4-6-18(16)23/h3-13H,1-2H3. The van der Waals surface area contributed by atoms with E-state index in [4.69, 9.17) is 4.74 Å². The van der Waals surface area contributed by atoms with Crippen molar-refractivity contribution in [2.24, 2.45) is 0 Å². The van der Waals surface area contributed by atoms with Crippen molar-refractivity contribution in [2.75, 3.05) is 13.4 Å². The summed E-state index contributed by atoms with van der Waals surface area (Å²) >= 11 is 0. The molecule has 0 amide bonds. The molecular formula is C22H17FN2O3S. The van der Waals surface area contributed by atoms with Gasteiger partial charge in [-0.1, -0.05) is 24.3 Å². The first-order valence-corrected chi connectivity index (χ1v) is 10.3. The lowest BCUT2D eigenvalue weighted by Crippen LogP contribution is -2.02. The van der Waals surface area contributed by atoms with E-state index < -0.39 is 16.8 Å². The predicted octanol–water partition coefficient (Wildman–Crippen LogP) is 4.36. The molecule has 29 heavy (non-hydrogen) atoms. The van der Waals surface area contributed by atoms with E-state index in [0.717, 1.165) is 5.39 Å². The second kappa shape index (κ2) is 7.60. The van der Waals surface area contributed by atoms with Crippen LogP contribution in [-0.2, 0) is 15.5 Å². The lowest BCUT2D eigenvalue weighted by atomic mass is 10.1. The van der Waals surface area contributed by atoms with Gasteiger partial charge in [-0.15, -0.1) is 0 Å². The highest BCUT2D eigenvalue weighted by atomic mass is 32.2. The van der Waals surface area contributed by atoms with Gasteiger partial charge in [0, 0.05) is 35.2 Å². The zero-order valence-corrected chi connectivity index (χ0v) is 16.6. The molecule has 0 aliphatic heterocycles. The summed E-state index contributed by atoms with van der Waals surface area (Å²) < 4.78 is 32.8. The van der Waals surface area contributed by atoms with Gasteiger partial charge in [0.05, 0.1) is 33.9 Å². The molecule has 0 aliphatic rings. The Bertz CT molecular complexity index is 1250. The van der Waals surface area contributed by atoms with Crippen molar-refractivity contribution < 1.29 is 18.1 Å². The molecule has 146 valence electrons. The van der Waals surface area contributed by atoms with Gasteiger partial charge in [-0.25, -0.2) is 14.2 Å². The number of hydrogen-bond acceptors (Lipinski definition) is 4. The lowest BCUT2D eigenvalue weighted by molar-refractivity contribution is 0.0601. The van der Waals surface area contributed by atoms with Gasteiger partial charge < -0.3 is 4.74 Å². The topological polar surface area (TPSA) is 61.2 Å². The number of aromatic nitrogens is 2. The highest BCUT2D eigenvalue weighted by Gasteiger charge is 2.16. The number of carbonyl (C=O) groups is 1. The van der Waals surface area contributed by atoms with E-state index in [-0.39, 0.29) is 5.82 Å². The van der Waals surface area contributed by atoms with Crippen LogP contribution in [0.5, 0.6) is 0 Å². The van der Waals surface area contributed by atoms with Crippen LogP contribution < -0.4 is 0 Å².